The predicted molar refractivity (Wildman–Crippen MR) is 124 cm³/mol. The van der Waals surface area contributed by atoms with Crippen LogP contribution in [0.15, 0.2) is 48.5 Å². The van der Waals surface area contributed by atoms with E-state index in [-0.39, 0.29) is 0 Å². The molecule has 0 bridgehead atoms. The maximum Gasteiger partial charge on any atom is 0.198 e. The Hall–Kier alpha value is -2.35. The lowest BCUT2D eigenvalue weighted by Crippen LogP contribution is -2.27. The van der Waals surface area contributed by atoms with Gasteiger partial charge in [0.1, 0.15) is 18.1 Å². The average molecular weight is 459 g/mol. The molecule has 1 saturated heterocycles. The van der Waals surface area contributed by atoms with Crippen molar-refractivity contribution in [3.05, 3.63) is 69.7 Å². The summed E-state index contributed by atoms with van der Waals surface area (Å²) < 4.78 is 15.9. The van der Waals surface area contributed by atoms with Crippen LogP contribution in [-0.2, 0) is 20.3 Å². The number of nitrogens with zero attached hydrogens (tertiary/aromatic N) is 4. The molecule has 0 amide bonds. The highest BCUT2D eigenvalue weighted by Crippen LogP contribution is 2.33. The first-order valence-corrected chi connectivity index (χ1v) is 11.3. The Bertz CT molecular complexity index is 1080. The van der Waals surface area contributed by atoms with Gasteiger partial charge in [-0.3, -0.25) is 4.90 Å². The average Bonchev–Trinajstić information content (AvgIpc) is 3.34. The molecular formula is C23H27ClN4O2S. The van der Waals surface area contributed by atoms with Crippen molar-refractivity contribution in [3.8, 4) is 11.5 Å². The summed E-state index contributed by atoms with van der Waals surface area (Å²) in [6, 6.07) is 16.2. The molecule has 1 aromatic heterocycles. The maximum absolute atomic E-state index is 6.19. The van der Waals surface area contributed by atoms with Crippen LogP contribution in [0.1, 0.15) is 37.2 Å². The molecule has 2 heterocycles. The van der Waals surface area contributed by atoms with E-state index in [1.54, 1.807) is 0 Å². The van der Waals surface area contributed by atoms with Crippen LogP contribution in [0, 0.1) is 4.77 Å². The third kappa shape index (κ3) is 4.95. The van der Waals surface area contributed by atoms with Crippen molar-refractivity contribution in [3.63, 3.8) is 0 Å². The van der Waals surface area contributed by atoms with E-state index >= 15 is 0 Å². The Morgan fingerprint density at radius 2 is 1.90 bits per heavy atom. The first-order valence-electron chi connectivity index (χ1n) is 10.5. The fourth-order valence-corrected chi connectivity index (χ4v) is 4.35. The van der Waals surface area contributed by atoms with Crippen molar-refractivity contribution in [1.29, 1.82) is 0 Å². The highest BCUT2D eigenvalue weighted by Gasteiger charge is 2.27. The molecule has 4 rings (SSSR count). The van der Waals surface area contributed by atoms with Crippen molar-refractivity contribution < 1.29 is 9.47 Å². The Morgan fingerprint density at radius 1 is 1.13 bits per heavy atom. The van der Waals surface area contributed by atoms with Crippen LogP contribution < -0.4 is 9.47 Å². The molecule has 6 nitrogen and oxygen atoms in total. The molecule has 1 atom stereocenters. The zero-order valence-electron chi connectivity index (χ0n) is 17.8. The van der Waals surface area contributed by atoms with Crippen LogP contribution in [0.5, 0.6) is 11.5 Å². The third-order valence-electron chi connectivity index (χ3n) is 5.58. The van der Waals surface area contributed by atoms with Gasteiger partial charge in [-0.05, 0) is 61.8 Å². The lowest BCUT2D eigenvalue weighted by molar-refractivity contribution is 0.188. The third-order valence-corrected chi connectivity index (χ3v) is 6.38. The quantitative estimate of drug-likeness (QED) is 0.424. The smallest absolute Gasteiger partial charge is 0.198 e. The van der Waals surface area contributed by atoms with Gasteiger partial charge in [0, 0.05) is 19.6 Å². The number of hydrogen-bond acceptors (Lipinski definition) is 5. The monoisotopic (exact) mass is 458 g/mol. The Morgan fingerprint density at radius 3 is 2.65 bits per heavy atom. The number of likely N-dealkylation sites (tertiary alicyclic amines) is 1. The van der Waals surface area contributed by atoms with E-state index in [0.717, 1.165) is 31.0 Å². The molecule has 1 fully saturated rings. The van der Waals surface area contributed by atoms with Gasteiger partial charge in [0.05, 0.1) is 18.3 Å². The van der Waals surface area contributed by atoms with Crippen molar-refractivity contribution in [2.45, 2.75) is 39.1 Å². The number of aromatic nitrogens is 3. The van der Waals surface area contributed by atoms with Crippen molar-refractivity contribution in [2.24, 2.45) is 7.05 Å². The fraction of sp³-hybridized carbons (Fsp3) is 0.391. The van der Waals surface area contributed by atoms with Crippen LogP contribution in [0.4, 0.5) is 0 Å². The molecule has 164 valence electrons. The van der Waals surface area contributed by atoms with E-state index in [0.29, 0.717) is 41.5 Å². The number of para-hydroxylation sites is 1. The molecule has 0 N–H and O–H groups in total. The number of halogens is 1. The second-order valence-electron chi connectivity index (χ2n) is 7.59. The van der Waals surface area contributed by atoms with E-state index in [1.165, 1.54) is 5.56 Å². The molecule has 0 radical (unpaired) electrons. The molecule has 1 aliphatic heterocycles. The van der Waals surface area contributed by atoms with Gasteiger partial charge in [0.25, 0.3) is 0 Å². The molecule has 3 aromatic rings. The summed E-state index contributed by atoms with van der Waals surface area (Å²) in [4.78, 5) is 2.43. The normalized spacial score (nSPS) is 16.5. The summed E-state index contributed by atoms with van der Waals surface area (Å²) in [6.45, 7) is 4.64. The fourth-order valence-electron chi connectivity index (χ4n) is 3.95. The van der Waals surface area contributed by atoms with Gasteiger partial charge in [0.15, 0.2) is 10.6 Å². The molecular weight excluding hydrogens is 432 g/mol. The standard InChI is InChI=1S/C23H27ClN4O2S/c1-3-29-18-12-10-17(11-13-18)20-8-6-14-27(20)16-28-23(31)26(2)22(25-28)15-30-21-9-5-4-7-19(21)24/h4-5,7,9-13,20H,3,6,8,14-16H2,1-2H3. The minimum atomic E-state index is 0.305. The second-order valence-corrected chi connectivity index (χ2v) is 8.36. The number of ether oxygens (including phenoxy) is 2. The highest BCUT2D eigenvalue weighted by molar-refractivity contribution is 7.71. The predicted octanol–water partition coefficient (Wildman–Crippen LogP) is 5.38. The molecule has 1 unspecified atom stereocenters. The van der Waals surface area contributed by atoms with E-state index in [1.807, 2.05) is 59.6 Å². The minimum absolute atomic E-state index is 0.305. The zero-order valence-corrected chi connectivity index (χ0v) is 19.4. The van der Waals surface area contributed by atoms with Gasteiger partial charge in [-0.15, -0.1) is 0 Å². The van der Waals surface area contributed by atoms with Crippen molar-refractivity contribution in [1.82, 2.24) is 19.2 Å². The molecule has 31 heavy (non-hydrogen) atoms. The summed E-state index contributed by atoms with van der Waals surface area (Å²) in [5.41, 5.74) is 1.30. The van der Waals surface area contributed by atoms with E-state index in [9.17, 15) is 0 Å². The van der Waals surface area contributed by atoms with Crippen LogP contribution in [0.25, 0.3) is 0 Å². The SMILES string of the molecule is CCOc1ccc(C2CCCN2Cn2nc(COc3ccccc3Cl)n(C)c2=S)cc1. The van der Waals surface area contributed by atoms with Gasteiger partial charge in [0.2, 0.25) is 0 Å². The van der Waals surface area contributed by atoms with Gasteiger partial charge < -0.3 is 14.0 Å². The molecule has 0 aliphatic carbocycles. The van der Waals surface area contributed by atoms with Crippen molar-refractivity contribution in [2.75, 3.05) is 13.2 Å². The van der Waals surface area contributed by atoms with Gasteiger partial charge in [-0.25, -0.2) is 4.68 Å². The summed E-state index contributed by atoms with van der Waals surface area (Å²) in [5, 5.41) is 5.31. The van der Waals surface area contributed by atoms with Crippen molar-refractivity contribution >= 4 is 23.8 Å². The zero-order chi connectivity index (χ0) is 21.8. The first-order chi connectivity index (χ1) is 15.1. The first kappa shape index (κ1) is 21.9. The Labute approximate surface area is 193 Å². The van der Waals surface area contributed by atoms with Crippen LogP contribution in [0.2, 0.25) is 5.02 Å². The number of benzene rings is 2. The van der Waals surface area contributed by atoms with E-state index < -0.39 is 0 Å². The topological polar surface area (TPSA) is 44.4 Å². The minimum Gasteiger partial charge on any atom is -0.494 e. The van der Waals surface area contributed by atoms with E-state index in [4.69, 9.17) is 38.4 Å². The summed E-state index contributed by atoms with van der Waals surface area (Å²) in [6.07, 6.45) is 2.27. The Kier molecular flexibility index (Phi) is 6.95. The van der Waals surface area contributed by atoms with Crippen LogP contribution in [-0.4, -0.2) is 32.4 Å². The highest BCUT2D eigenvalue weighted by atomic mass is 35.5. The van der Waals surface area contributed by atoms with Gasteiger partial charge in [-0.1, -0.05) is 35.9 Å². The van der Waals surface area contributed by atoms with Gasteiger partial charge >= 0.3 is 0 Å². The van der Waals surface area contributed by atoms with Crippen LogP contribution >= 0.6 is 23.8 Å². The molecule has 0 saturated carbocycles. The Balaban J connectivity index is 1.46. The molecule has 8 heteroatoms. The summed E-state index contributed by atoms with van der Waals surface area (Å²) in [5.74, 6) is 2.31. The second kappa shape index (κ2) is 9.85. The number of rotatable bonds is 8. The summed E-state index contributed by atoms with van der Waals surface area (Å²) in [7, 11) is 1.92. The van der Waals surface area contributed by atoms with Gasteiger partial charge in [-0.2, -0.15) is 5.10 Å². The summed E-state index contributed by atoms with van der Waals surface area (Å²) >= 11 is 11.8. The van der Waals surface area contributed by atoms with E-state index in [2.05, 4.69) is 17.0 Å². The lowest BCUT2D eigenvalue weighted by atomic mass is 10.0. The number of hydrogen-bond donors (Lipinski definition) is 0. The maximum atomic E-state index is 6.19. The van der Waals surface area contributed by atoms with Crippen LogP contribution in [0.3, 0.4) is 0 Å². The molecule has 1 aliphatic rings. The lowest BCUT2D eigenvalue weighted by Gasteiger charge is -2.24. The molecule has 2 aromatic carbocycles. The molecule has 0 spiro atoms. The largest absolute Gasteiger partial charge is 0.494 e.